The van der Waals surface area contributed by atoms with Gasteiger partial charge in [-0.2, -0.15) is 0 Å². The first-order valence-corrected chi connectivity index (χ1v) is 9.03. The van der Waals surface area contributed by atoms with Gasteiger partial charge in [0.1, 0.15) is 0 Å². The molecule has 1 unspecified atom stereocenters. The summed E-state index contributed by atoms with van der Waals surface area (Å²) < 4.78 is 0. The number of rotatable bonds is 10. The Labute approximate surface area is 128 Å². The third-order valence-corrected chi connectivity index (χ3v) is 4.89. The molecule has 0 bridgehead atoms. The Balaban J connectivity index is 1.69. The highest BCUT2D eigenvalue weighted by molar-refractivity contribution is 7.09. The van der Waals surface area contributed by atoms with E-state index in [2.05, 4.69) is 48.5 Å². The molecule has 1 fully saturated rings. The zero-order chi connectivity index (χ0) is 14.4. The fraction of sp³-hybridized carbons (Fsp3) is 0.765. The van der Waals surface area contributed by atoms with E-state index in [-0.39, 0.29) is 0 Å². The van der Waals surface area contributed by atoms with Gasteiger partial charge in [0.15, 0.2) is 0 Å². The monoisotopic (exact) mass is 294 g/mol. The molecule has 0 aliphatic heterocycles. The van der Waals surface area contributed by atoms with E-state index in [1.54, 1.807) is 0 Å². The molecule has 1 atom stereocenters. The fourth-order valence-corrected chi connectivity index (χ4v) is 3.43. The Hall–Kier alpha value is -0.380. The minimum atomic E-state index is 0.713. The van der Waals surface area contributed by atoms with Gasteiger partial charge in [0.2, 0.25) is 0 Å². The second-order valence-electron chi connectivity index (χ2n) is 6.57. The Bertz CT molecular complexity index is 357. The van der Waals surface area contributed by atoms with E-state index in [1.807, 2.05) is 11.3 Å². The van der Waals surface area contributed by atoms with Crippen LogP contribution in [0.1, 0.15) is 51.3 Å². The van der Waals surface area contributed by atoms with Crippen LogP contribution in [-0.2, 0) is 6.54 Å². The maximum absolute atomic E-state index is 3.55. The zero-order valence-electron chi connectivity index (χ0n) is 13.3. The molecule has 2 nitrogen and oxygen atoms in total. The second-order valence-corrected chi connectivity index (χ2v) is 7.60. The summed E-state index contributed by atoms with van der Waals surface area (Å²) in [5, 5.41) is 5.75. The van der Waals surface area contributed by atoms with Crippen molar-refractivity contribution in [2.45, 2.75) is 65.1 Å². The third-order valence-electron chi connectivity index (χ3n) is 4.03. The van der Waals surface area contributed by atoms with E-state index in [0.717, 1.165) is 25.0 Å². The van der Waals surface area contributed by atoms with Crippen LogP contribution in [0.25, 0.3) is 0 Å². The lowest BCUT2D eigenvalue weighted by Gasteiger charge is -2.29. The number of hydrogen-bond acceptors (Lipinski definition) is 3. The SMILES string of the molecule is CC(C)CNCCCC(C)N(Cc1cccs1)C1CC1. The summed E-state index contributed by atoms with van der Waals surface area (Å²) >= 11 is 1.89. The molecule has 114 valence electrons. The molecule has 0 saturated heterocycles. The molecule has 1 heterocycles. The maximum Gasteiger partial charge on any atom is 0.0333 e. The van der Waals surface area contributed by atoms with Gasteiger partial charge in [0.05, 0.1) is 0 Å². The third kappa shape index (κ3) is 5.55. The molecule has 2 rings (SSSR count). The van der Waals surface area contributed by atoms with E-state index in [1.165, 1.54) is 37.1 Å². The lowest BCUT2D eigenvalue weighted by molar-refractivity contribution is 0.179. The summed E-state index contributed by atoms with van der Waals surface area (Å²) in [4.78, 5) is 4.25. The van der Waals surface area contributed by atoms with Gasteiger partial charge in [-0.05, 0) is 63.1 Å². The largest absolute Gasteiger partial charge is 0.316 e. The predicted octanol–water partition coefficient (Wildman–Crippen LogP) is 4.13. The average molecular weight is 295 g/mol. The number of thiophene rings is 1. The van der Waals surface area contributed by atoms with Crippen LogP contribution in [0.2, 0.25) is 0 Å². The highest BCUT2D eigenvalue weighted by Crippen LogP contribution is 2.31. The van der Waals surface area contributed by atoms with Crippen LogP contribution in [0.3, 0.4) is 0 Å². The molecular formula is C17H30N2S. The molecule has 3 heteroatoms. The summed E-state index contributed by atoms with van der Waals surface area (Å²) in [5.74, 6) is 0.759. The Morgan fingerprint density at radius 1 is 1.35 bits per heavy atom. The molecule has 1 saturated carbocycles. The van der Waals surface area contributed by atoms with E-state index < -0.39 is 0 Å². The first-order valence-electron chi connectivity index (χ1n) is 8.15. The molecule has 1 aromatic heterocycles. The van der Waals surface area contributed by atoms with Gasteiger partial charge >= 0.3 is 0 Å². The van der Waals surface area contributed by atoms with Crippen molar-refractivity contribution in [1.29, 1.82) is 0 Å². The van der Waals surface area contributed by atoms with E-state index in [0.29, 0.717) is 6.04 Å². The quantitative estimate of drug-likeness (QED) is 0.653. The second kappa shape index (κ2) is 8.16. The van der Waals surface area contributed by atoms with Gasteiger partial charge in [0, 0.05) is 23.5 Å². The lowest BCUT2D eigenvalue weighted by atomic mass is 10.1. The summed E-state index contributed by atoms with van der Waals surface area (Å²) in [6.07, 6.45) is 5.41. The highest BCUT2D eigenvalue weighted by Gasteiger charge is 2.31. The van der Waals surface area contributed by atoms with E-state index in [9.17, 15) is 0 Å². The molecule has 1 N–H and O–H groups in total. The molecule has 0 amide bonds. The number of nitrogens with one attached hydrogen (secondary N) is 1. The van der Waals surface area contributed by atoms with Crippen molar-refractivity contribution in [1.82, 2.24) is 10.2 Å². The fourth-order valence-electron chi connectivity index (χ4n) is 2.71. The van der Waals surface area contributed by atoms with Crippen molar-refractivity contribution >= 4 is 11.3 Å². The standard InChI is InChI=1S/C17H30N2S/c1-14(2)12-18-10-4-6-15(3)19(16-8-9-16)13-17-7-5-11-20-17/h5,7,11,14-16,18H,4,6,8-10,12-13H2,1-3H3. The Kier molecular flexibility index (Phi) is 6.53. The smallest absolute Gasteiger partial charge is 0.0333 e. The minimum absolute atomic E-state index is 0.713. The predicted molar refractivity (Wildman–Crippen MR) is 89.3 cm³/mol. The minimum Gasteiger partial charge on any atom is -0.316 e. The summed E-state index contributed by atoms with van der Waals surface area (Å²) in [6, 6.07) is 6.02. The highest BCUT2D eigenvalue weighted by atomic mass is 32.1. The first-order chi connectivity index (χ1) is 9.66. The van der Waals surface area contributed by atoms with Crippen molar-refractivity contribution in [2.24, 2.45) is 5.92 Å². The van der Waals surface area contributed by atoms with Crippen molar-refractivity contribution in [3.8, 4) is 0 Å². The van der Waals surface area contributed by atoms with Crippen molar-refractivity contribution in [2.75, 3.05) is 13.1 Å². The van der Waals surface area contributed by atoms with Crippen LogP contribution in [0.4, 0.5) is 0 Å². The van der Waals surface area contributed by atoms with Crippen molar-refractivity contribution in [3.63, 3.8) is 0 Å². The van der Waals surface area contributed by atoms with Gasteiger partial charge in [-0.15, -0.1) is 11.3 Å². The van der Waals surface area contributed by atoms with Crippen LogP contribution >= 0.6 is 11.3 Å². The molecule has 1 aromatic rings. The van der Waals surface area contributed by atoms with Gasteiger partial charge in [0.25, 0.3) is 0 Å². The summed E-state index contributed by atoms with van der Waals surface area (Å²) in [5.41, 5.74) is 0. The zero-order valence-corrected chi connectivity index (χ0v) is 14.1. The van der Waals surface area contributed by atoms with E-state index >= 15 is 0 Å². The summed E-state index contributed by atoms with van der Waals surface area (Å²) in [7, 11) is 0. The maximum atomic E-state index is 3.55. The Morgan fingerprint density at radius 2 is 2.15 bits per heavy atom. The average Bonchev–Trinajstić information content (AvgIpc) is 3.12. The molecule has 0 spiro atoms. The normalized spacial score (nSPS) is 17.1. The number of hydrogen-bond donors (Lipinski definition) is 1. The topological polar surface area (TPSA) is 15.3 Å². The van der Waals surface area contributed by atoms with Crippen LogP contribution in [0.15, 0.2) is 17.5 Å². The molecular weight excluding hydrogens is 264 g/mol. The van der Waals surface area contributed by atoms with Crippen molar-refractivity contribution in [3.05, 3.63) is 22.4 Å². The van der Waals surface area contributed by atoms with Crippen LogP contribution in [0, 0.1) is 5.92 Å². The van der Waals surface area contributed by atoms with Gasteiger partial charge < -0.3 is 5.32 Å². The van der Waals surface area contributed by atoms with Crippen LogP contribution in [0.5, 0.6) is 0 Å². The van der Waals surface area contributed by atoms with Gasteiger partial charge in [-0.1, -0.05) is 19.9 Å². The molecule has 20 heavy (non-hydrogen) atoms. The van der Waals surface area contributed by atoms with Gasteiger partial charge in [-0.3, -0.25) is 4.90 Å². The lowest BCUT2D eigenvalue weighted by Crippen LogP contribution is -2.35. The molecule has 0 radical (unpaired) electrons. The van der Waals surface area contributed by atoms with E-state index in [4.69, 9.17) is 0 Å². The Morgan fingerprint density at radius 3 is 2.75 bits per heavy atom. The summed E-state index contributed by atoms with van der Waals surface area (Å²) in [6.45, 7) is 10.4. The molecule has 1 aliphatic carbocycles. The first kappa shape index (κ1) is 16.0. The molecule has 0 aromatic carbocycles. The van der Waals surface area contributed by atoms with Crippen molar-refractivity contribution < 1.29 is 0 Å². The number of nitrogens with zero attached hydrogens (tertiary/aromatic N) is 1. The molecule has 1 aliphatic rings. The van der Waals surface area contributed by atoms with Crippen LogP contribution < -0.4 is 5.32 Å². The van der Waals surface area contributed by atoms with Gasteiger partial charge in [-0.25, -0.2) is 0 Å². The van der Waals surface area contributed by atoms with Crippen LogP contribution in [-0.4, -0.2) is 30.1 Å².